The van der Waals surface area contributed by atoms with Crippen LogP contribution in [0, 0.1) is 0 Å². The molecule has 1 aromatic heterocycles. The standard InChI is InChI=1S/C27H24BrN2OP/c28-32(23-10-4-1-5-11-23,24-12-6-2-7-13-24,25-14-8-3-9-15-25)26-18-21-30(27(26)31)22-16-19-29-20-17-22/h1-17,19-20,26H,18,21H2. The van der Waals surface area contributed by atoms with Crippen LogP contribution >= 0.6 is 20.8 Å². The number of benzene rings is 3. The van der Waals surface area contributed by atoms with Crippen molar-refractivity contribution in [3.63, 3.8) is 0 Å². The Bertz CT molecular complexity index is 1120. The van der Waals surface area contributed by atoms with Crippen molar-refractivity contribution in [2.75, 3.05) is 11.4 Å². The van der Waals surface area contributed by atoms with Crippen LogP contribution in [0.15, 0.2) is 116 Å². The van der Waals surface area contributed by atoms with E-state index in [-0.39, 0.29) is 11.6 Å². The number of hydrogen-bond donors (Lipinski definition) is 0. The first-order chi connectivity index (χ1) is 15.6. The fourth-order valence-corrected chi connectivity index (χ4v) is 13.7. The van der Waals surface area contributed by atoms with Crippen molar-refractivity contribution in [3.05, 3.63) is 116 Å². The summed E-state index contributed by atoms with van der Waals surface area (Å²) in [4.78, 5) is 20.2. The Kier molecular flexibility index (Phi) is 5.44. The first-order valence-electron chi connectivity index (χ1n) is 10.8. The van der Waals surface area contributed by atoms with Crippen molar-refractivity contribution < 1.29 is 4.79 Å². The number of aromatic nitrogens is 1. The molecule has 5 heteroatoms. The monoisotopic (exact) mass is 502 g/mol. The van der Waals surface area contributed by atoms with Gasteiger partial charge in [-0.05, 0) is 0 Å². The van der Waals surface area contributed by atoms with E-state index in [4.69, 9.17) is 0 Å². The van der Waals surface area contributed by atoms with Gasteiger partial charge in [0.1, 0.15) is 0 Å². The average Bonchev–Trinajstić information content (AvgIpc) is 3.28. The van der Waals surface area contributed by atoms with E-state index in [1.165, 1.54) is 15.9 Å². The van der Waals surface area contributed by atoms with Crippen LogP contribution in [-0.2, 0) is 4.79 Å². The number of halogens is 1. The zero-order chi connectivity index (χ0) is 22.0. The molecule has 0 spiro atoms. The fourth-order valence-electron chi connectivity index (χ4n) is 5.04. The molecule has 0 N–H and O–H groups in total. The maximum absolute atomic E-state index is 14.2. The summed E-state index contributed by atoms with van der Waals surface area (Å²) in [5, 5.41) is 0.168. The summed E-state index contributed by atoms with van der Waals surface area (Å²) < 4.78 is 0. The van der Waals surface area contributed by atoms with Gasteiger partial charge >= 0.3 is 197 Å². The van der Waals surface area contributed by atoms with Crippen molar-refractivity contribution >= 4 is 48.3 Å². The van der Waals surface area contributed by atoms with E-state index in [0.29, 0.717) is 6.54 Å². The second kappa shape index (κ2) is 8.27. The number of hydrogen-bond acceptors (Lipinski definition) is 2. The molecule has 1 atom stereocenters. The molecular formula is C27H24BrN2OP. The summed E-state index contributed by atoms with van der Waals surface area (Å²) >= 11 is 4.46. The quantitative estimate of drug-likeness (QED) is 0.358. The number of carbonyl (C=O) groups is 1. The molecule has 4 aromatic rings. The van der Waals surface area contributed by atoms with E-state index in [0.717, 1.165) is 12.1 Å². The number of pyridine rings is 1. The molecule has 1 fully saturated rings. The normalized spacial score (nSPS) is 17.7. The molecular weight excluding hydrogens is 479 g/mol. The van der Waals surface area contributed by atoms with Crippen LogP contribution in [0.4, 0.5) is 5.69 Å². The average molecular weight is 503 g/mol. The molecule has 1 amide bonds. The molecule has 1 unspecified atom stereocenters. The predicted octanol–water partition coefficient (Wildman–Crippen LogP) is 5.03. The Labute approximate surface area is 196 Å². The molecule has 0 aliphatic carbocycles. The Morgan fingerprint density at radius 3 is 1.59 bits per heavy atom. The molecule has 5 rings (SSSR count). The third-order valence-electron chi connectivity index (χ3n) is 6.52. The summed E-state index contributed by atoms with van der Waals surface area (Å²) in [7, 11) is 0. The minimum absolute atomic E-state index is 0.155. The molecule has 3 aromatic carbocycles. The van der Waals surface area contributed by atoms with Crippen molar-refractivity contribution in [2.45, 2.75) is 12.1 Å². The molecule has 32 heavy (non-hydrogen) atoms. The number of anilines is 1. The van der Waals surface area contributed by atoms with E-state index in [1.54, 1.807) is 12.4 Å². The molecule has 3 nitrogen and oxygen atoms in total. The molecule has 1 aliphatic heterocycles. The summed E-state index contributed by atoms with van der Waals surface area (Å²) in [6.45, 7) is 0.684. The summed E-state index contributed by atoms with van der Waals surface area (Å²) in [6, 6.07) is 35.4. The molecule has 160 valence electrons. The fraction of sp³-hybridized carbons (Fsp3) is 0.111. The van der Waals surface area contributed by atoms with E-state index in [9.17, 15) is 4.79 Å². The van der Waals surface area contributed by atoms with Gasteiger partial charge in [0.15, 0.2) is 0 Å². The minimum atomic E-state index is -3.35. The Morgan fingerprint density at radius 2 is 1.16 bits per heavy atom. The number of nitrogens with zero attached hydrogens (tertiary/aromatic N) is 2. The van der Waals surface area contributed by atoms with Gasteiger partial charge in [-0.1, -0.05) is 0 Å². The molecule has 0 bridgehead atoms. The summed E-state index contributed by atoms with van der Waals surface area (Å²) in [5.74, 6) is 0.155. The third-order valence-corrected chi connectivity index (χ3v) is 17.3. The first-order valence-corrected chi connectivity index (χ1v) is 15.1. The summed E-state index contributed by atoms with van der Waals surface area (Å²) in [6.07, 6.45) is 4.26. The molecule has 2 heterocycles. The van der Waals surface area contributed by atoms with Crippen molar-refractivity contribution in [3.8, 4) is 0 Å². The molecule has 1 saturated heterocycles. The second-order valence-corrected chi connectivity index (χ2v) is 16.8. The molecule has 0 radical (unpaired) electrons. The summed E-state index contributed by atoms with van der Waals surface area (Å²) in [5.41, 5.74) is 0.681. The van der Waals surface area contributed by atoms with Gasteiger partial charge in [0.2, 0.25) is 0 Å². The van der Waals surface area contributed by atoms with Crippen LogP contribution < -0.4 is 20.8 Å². The van der Waals surface area contributed by atoms with E-state index in [2.05, 4.69) is 93.3 Å². The van der Waals surface area contributed by atoms with Crippen LogP contribution in [0.5, 0.6) is 0 Å². The predicted molar refractivity (Wildman–Crippen MR) is 139 cm³/mol. The zero-order valence-electron chi connectivity index (χ0n) is 17.6. The van der Waals surface area contributed by atoms with Crippen LogP contribution in [0.2, 0.25) is 0 Å². The topological polar surface area (TPSA) is 33.2 Å². The van der Waals surface area contributed by atoms with E-state index < -0.39 is 5.31 Å². The number of rotatable bonds is 5. The molecule has 1 aliphatic rings. The van der Waals surface area contributed by atoms with Gasteiger partial charge in [0, 0.05) is 0 Å². The van der Waals surface area contributed by atoms with Gasteiger partial charge in [-0.2, -0.15) is 0 Å². The Hall–Kier alpha value is -2.81. The molecule has 0 saturated carbocycles. The van der Waals surface area contributed by atoms with Crippen LogP contribution in [0.3, 0.4) is 0 Å². The van der Waals surface area contributed by atoms with Gasteiger partial charge in [0.05, 0.1) is 0 Å². The second-order valence-electron chi connectivity index (χ2n) is 8.08. The van der Waals surface area contributed by atoms with Crippen LogP contribution in [-0.4, -0.2) is 23.1 Å². The van der Waals surface area contributed by atoms with Gasteiger partial charge in [0.25, 0.3) is 0 Å². The van der Waals surface area contributed by atoms with Crippen molar-refractivity contribution in [2.24, 2.45) is 0 Å². The number of carbonyl (C=O) groups excluding carboxylic acids is 1. The maximum atomic E-state index is 14.2. The third kappa shape index (κ3) is 3.05. The van der Waals surface area contributed by atoms with Crippen LogP contribution in [0.1, 0.15) is 6.42 Å². The van der Waals surface area contributed by atoms with Gasteiger partial charge in [-0.3, -0.25) is 0 Å². The number of amides is 1. The SMILES string of the molecule is O=C1C(P(Br)(c2ccccc2)(c2ccccc2)c2ccccc2)CCN1c1ccncc1. The zero-order valence-corrected chi connectivity index (χ0v) is 20.1. The van der Waals surface area contributed by atoms with E-state index in [1.807, 2.05) is 35.2 Å². The van der Waals surface area contributed by atoms with Gasteiger partial charge < -0.3 is 0 Å². The Morgan fingerprint density at radius 1 is 0.719 bits per heavy atom. The van der Waals surface area contributed by atoms with Crippen molar-refractivity contribution in [1.29, 1.82) is 0 Å². The van der Waals surface area contributed by atoms with E-state index >= 15 is 0 Å². The van der Waals surface area contributed by atoms with Crippen LogP contribution in [0.25, 0.3) is 0 Å². The van der Waals surface area contributed by atoms with Gasteiger partial charge in [-0.25, -0.2) is 0 Å². The van der Waals surface area contributed by atoms with Gasteiger partial charge in [-0.15, -0.1) is 0 Å². The van der Waals surface area contributed by atoms with Crippen molar-refractivity contribution in [1.82, 2.24) is 4.98 Å². The first kappa shape index (κ1) is 21.1. The Balaban J connectivity index is 1.81.